The molecule has 0 unspecified atom stereocenters. The van der Waals surface area contributed by atoms with Crippen LogP contribution in [-0.2, 0) is 14.3 Å². The lowest BCUT2D eigenvalue weighted by atomic mass is 10.1. The van der Waals surface area contributed by atoms with E-state index in [0.29, 0.717) is 5.75 Å². The van der Waals surface area contributed by atoms with Crippen molar-refractivity contribution < 1.29 is 19.1 Å². The van der Waals surface area contributed by atoms with Crippen molar-refractivity contribution in [2.75, 3.05) is 7.11 Å². The van der Waals surface area contributed by atoms with Gasteiger partial charge in [-0.3, -0.25) is 4.79 Å². The Hall–Kier alpha value is -4.03. The fourth-order valence-electron chi connectivity index (χ4n) is 2.75. The van der Waals surface area contributed by atoms with Crippen LogP contribution in [0.1, 0.15) is 22.8 Å². The maximum atomic E-state index is 12.3. The molecule has 156 valence electrons. The largest absolute Gasteiger partial charge is 0.423 e. The molecule has 0 aliphatic heterocycles. The minimum Gasteiger partial charge on any atom is -0.423 e. The predicted octanol–water partition coefficient (Wildman–Crippen LogP) is 4.14. The lowest BCUT2D eigenvalue weighted by Crippen LogP contribution is -2.26. The van der Waals surface area contributed by atoms with Crippen molar-refractivity contribution in [3.63, 3.8) is 0 Å². The number of methoxy groups -OCH3 is 1. The summed E-state index contributed by atoms with van der Waals surface area (Å²) in [5.74, 6) is -0.433. The Kier molecular flexibility index (Phi) is 7.85. The Morgan fingerprint density at radius 2 is 1.52 bits per heavy atom. The van der Waals surface area contributed by atoms with E-state index in [0.717, 1.165) is 16.7 Å². The average Bonchev–Trinajstić information content (AvgIpc) is 2.81. The van der Waals surface area contributed by atoms with Crippen molar-refractivity contribution in [3.8, 4) is 5.75 Å². The SMILES string of the molecule is CO[C@H](C(=O)N/N=C\c1ccc(OC(=O)/C=C/c2ccccc2)cc1)c1ccccc1. The number of ether oxygens (including phenoxy) is 2. The summed E-state index contributed by atoms with van der Waals surface area (Å²) in [6, 6.07) is 25.4. The van der Waals surface area contributed by atoms with Gasteiger partial charge >= 0.3 is 5.97 Å². The summed E-state index contributed by atoms with van der Waals surface area (Å²) in [5.41, 5.74) is 4.85. The van der Waals surface area contributed by atoms with Crippen molar-refractivity contribution in [2.24, 2.45) is 5.10 Å². The first-order chi connectivity index (χ1) is 15.2. The van der Waals surface area contributed by atoms with Crippen molar-refractivity contribution in [1.82, 2.24) is 5.43 Å². The molecule has 3 aromatic rings. The second-order valence-corrected chi connectivity index (χ2v) is 6.49. The number of carbonyl (C=O) groups excluding carboxylic acids is 2. The van der Waals surface area contributed by atoms with E-state index in [1.54, 1.807) is 30.3 Å². The lowest BCUT2D eigenvalue weighted by Gasteiger charge is -2.13. The Labute approximate surface area is 180 Å². The lowest BCUT2D eigenvalue weighted by molar-refractivity contribution is -0.131. The minimum absolute atomic E-state index is 0.374. The van der Waals surface area contributed by atoms with Crippen LogP contribution in [0.15, 0.2) is 96.1 Å². The maximum absolute atomic E-state index is 12.3. The maximum Gasteiger partial charge on any atom is 0.336 e. The van der Waals surface area contributed by atoms with E-state index < -0.39 is 12.1 Å². The van der Waals surface area contributed by atoms with Gasteiger partial charge in [-0.2, -0.15) is 5.10 Å². The number of rotatable bonds is 8. The molecule has 3 aromatic carbocycles. The molecule has 0 aliphatic rings. The molecule has 1 atom stereocenters. The van der Waals surface area contributed by atoms with E-state index in [1.807, 2.05) is 60.7 Å². The summed E-state index contributed by atoms with van der Waals surface area (Å²) < 4.78 is 10.5. The van der Waals surface area contributed by atoms with Gasteiger partial charge in [0.05, 0.1) is 6.21 Å². The first-order valence-corrected chi connectivity index (χ1v) is 9.61. The molecule has 0 spiro atoms. The molecule has 0 heterocycles. The zero-order chi connectivity index (χ0) is 21.9. The monoisotopic (exact) mass is 414 g/mol. The van der Waals surface area contributed by atoms with Gasteiger partial charge in [-0.15, -0.1) is 0 Å². The van der Waals surface area contributed by atoms with Crippen molar-refractivity contribution in [3.05, 3.63) is 108 Å². The summed E-state index contributed by atoms with van der Waals surface area (Å²) in [7, 11) is 1.47. The van der Waals surface area contributed by atoms with Gasteiger partial charge in [0.15, 0.2) is 6.10 Å². The Bertz CT molecular complexity index is 1050. The quantitative estimate of drug-likeness (QED) is 0.198. The van der Waals surface area contributed by atoms with Gasteiger partial charge in [0.2, 0.25) is 0 Å². The van der Waals surface area contributed by atoms with Crippen molar-refractivity contribution in [1.29, 1.82) is 0 Å². The van der Waals surface area contributed by atoms with Gasteiger partial charge in [-0.1, -0.05) is 60.7 Å². The molecule has 0 radical (unpaired) electrons. The molecule has 0 aliphatic carbocycles. The number of hydrazone groups is 1. The molecule has 6 heteroatoms. The van der Waals surface area contributed by atoms with Crippen LogP contribution in [0.3, 0.4) is 0 Å². The van der Waals surface area contributed by atoms with E-state index in [-0.39, 0.29) is 5.91 Å². The summed E-state index contributed by atoms with van der Waals surface area (Å²) in [4.78, 5) is 24.2. The second-order valence-electron chi connectivity index (χ2n) is 6.49. The van der Waals surface area contributed by atoms with E-state index in [9.17, 15) is 9.59 Å². The van der Waals surface area contributed by atoms with E-state index in [1.165, 1.54) is 19.4 Å². The van der Waals surface area contributed by atoms with E-state index in [2.05, 4.69) is 10.5 Å². The first-order valence-electron chi connectivity index (χ1n) is 9.61. The standard InChI is InChI=1S/C25H22N2O4/c1-30-24(21-10-6-3-7-11-21)25(29)27-26-18-20-12-15-22(16-13-20)31-23(28)17-14-19-8-4-2-5-9-19/h2-18,24H,1H3,(H,27,29)/b17-14+,26-18-/t24-/m0/s1. The van der Waals surface area contributed by atoms with Crippen LogP contribution in [0.2, 0.25) is 0 Å². The highest BCUT2D eigenvalue weighted by atomic mass is 16.5. The Morgan fingerprint density at radius 3 is 2.16 bits per heavy atom. The zero-order valence-corrected chi connectivity index (χ0v) is 17.0. The number of benzene rings is 3. The molecule has 0 saturated heterocycles. The molecule has 1 N–H and O–H groups in total. The second kappa shape index (κ2) is 11.2. The highest BCUT2D eigenvalue weighted by molar-refractivity contribution is 5.89. The third-order valence-electron chi connectivity index (χ3n) is 4.27. The molecule has 0 aromatic heterocycles. The number of nitrogens with one attached hydrogen (secondary N) is 1. The zero-order valence-electron chi connectivity index (χ0n) is 17.0. The number of carbonyl (C=O) groups is 2. The minimum atomic E-state index is -0.746. The van der Waals surface area contributed by atoms with Gasteiger partial charge in [-0.05, 0) is 47.0 Å². The molecular weight excluding hydrogens is 392 g/mol. The Morgan fingerprint density at radius 1 is 0.871 bits per heavy atom. The fraction of sp³-hybridized carbons (Fsp3) is 0.0800. The van der Waals surface area contributed by atoms with Gasteiger partial charge in [0, 0.05) is 13.2 Å². The third-order valence-corrected chi connectivity index (χ3v) is 4.27. The number of hydrogen-bond donors (Lipinski definition) is 1. The van der Waals surface area contributed by atoms with Crippen LogP contribution >= 0.6 is 0 Å². The Balaban J connectivity index is 1.51. The van der Waals surface area contributed by atoms with Crippen molar-refractivity contribution in [2.45, 2.75) is 6.10 Å². The molecule has 0 saturated carbocycles. The third kappa shape index (κ3) is 6.76. The highest BCUT2D eigenvalue weighted by Crippen LogP contribution is 2.16. The number of hydrogen-bond acceptors (Lipinski definition) is 5. The van der Waals surface area contributed by atoms with Crippen LogP contribution in [0.4, 0.5) is 0 Å². The molecule has 1 amide bonds. The van der Waals surface area contributed by atoms with Crippen LogP contribution in [0.25, 0.3) is 6.08 Å². The van der Waals surface area contributed by atoms with Gasteiger partial charge in [0.1, 0.15) is 5.75 Å². The molecular formula is C25H22N2O4. The summed E-state index contributed by atoms with van der Waals surface area (Å²) in [5, 5.41) is 3.97. The van der Waals surface area contributed by atoms with Crippen LogP contribution in [0, 0.1) is 0 Å². The van der Waals surface area contributed by atoms with Crippen LogP contribution < -0.4 is 10.2 Å². The highest BCUT2D eigenvalue weighted by Gasteiger charge is 2.19. The summed E-state index contributed by atoms with van der Waals surface area (Å²) in [6.07, 6.45) is 3.81. The topological polar surface area (TPSA) is 77.0 Å². The van der Waals surface area contributed by atoms with Crippen LogP contribution in [-0.4, -0.2) is 25.2 Å². The van der Waals surface area contributed by atoms with Crippen molar-refractivity contribution >= 4 is 24.2 Å². The normalized spacial score (nSPS) is 12.0. The molecule has 6 nitrogen and oxygen atoms in total. The van der Waals surface area contributed by atoms with Gasteiger partial charge in [-0.25, -0.2) is 10.2 Å². The first kappa shape index (κ1) is 21.7. The number of amides is 1. The molecule has 0 fully saturated rings. The van der Waals surface area contributed by atoms with Crippen LogP contribution in [0.5, 0.6) is 5.75 Å². The fourth-order valence-corrected chi connectivity index (χ4v) is 2.75. The van der Waals surface area contributed by atoms with E-state index >= 15 is 0 Å². The molecule has 31 heavy (non-hydrogen) atoms. The number of esters is 1. The van der Waals surface area contributed by atoms with Gasteiger partial charge < -0.3 is 9.47 Å². The predicted molar refractivity (Wildman–Crippen MR) is 119 cm³/mol. The molecule has 3 rings (SSSR count). The summed E-state index contributed by atoms with van der Waals surface area (Å²) >= 11 is 0. The molecule has 0 bridgehead atoms. The van der Waals surface area contributed by atoms with Gasteiger partial charge in [0.25, 0.3) is 5.91 Å². The smallest absolute Gasteiger partial charge is 0.336 e. The summed E-state index contributed by atoms with van der Waals surface area (Å²) in [6.45, 7) is 0. The number of nitrogens with zero attached hydrogens (tertiary/aromatic N) is 1. The average molecular weight is 414 g/mol. The van der Waals surface area contributed by atoms with E-state index in [4.69, 9.17) is 9.47 Å².